The number of nitrogens with zero attached hydrogens (tertiary/aromatic N) is 4. The summed E-state index contributed by atoms with van der Waals surface area (Å²) in [6.07, 6.45) is 2.05. The van der Waals surface area contributed by atoms with Crippen LogP contribution in [-0.2, 0) is 20.7 Å². The van der Waals surface area contributed by atoms with Crippen LogP contribution in [-0.4, -0.2) is 87.9 Å². The van der Waals surface area contributed by atoms with E-state index >= 15 is 0 Å². The molecule has 0 saturated carbocycles. The van der Waals surface area contributed by atoms with Crippen LogP contribution in [0.3, 0.4) is 0 Å². The molecule has 156 valence electrons. The molecule has 0 bridgehead atoms. The Morgan fingerprint density at radius 2 is 1.97 bits per heavy atom. The number of hydrogen-bond donors (Lipinski definition) is 2. The van der Waals surface area contributed by atoms with Gasteiger partial charge in [0.05, 0.1) is 18.6 Å². The van der Waals surface area contributed by atoms with Crippen LogP contribution in [0.4, 0.5) is 0 Å². The Hall–Kier alpha value is -2.78. The topological polar surface area (TPSA) is 112 Å². The van der Waals surface area contributed by atoms with E-state index in [0.29, 0.717) is 11.6 Å². The highest BCUT2D eigenvalue weighted by molar-refractivity contribution is 5.78. The van der Waals surface area contributed by atoms with E-state index < -0.39 is 0 Å². The number of hydrogen-bond acceptors (Lipinski definition) is 6. The van der Waals surface area contributed by atoms with E-state index in [1.54, 1.807) is 0 Å². The fourth-order valence-electron chi connectivity index (χ4n) is 3.85. The van der Waals surface area contributed by atoms with Gasteiger partial charge in [0.15, 0.2) is 5.82 Å². The van der Waals surface area contributed by atoms with Gasteiger partial charge in [0, 0.05) is 31.7 Å². The number of rotatable bonds is 3. The van der Waals surface area contributed by atoms with Gasteiger partial charge in [-0.15, -0.1) is 0 Å². The first kappa shape index (κ1) is 20.9. The number of likely N-dealkylation sites (tertiary alicyclic amines) is 1. The first-order valence-corrected chi connectivity index (χ1v) is 9.70. The molecule has 1 aromatic heterocycles. The van der Waals surface area contributed by atoms with Gasteiger partial charge in [-0.1, -0.05) is 30.3 Å². The molecule has 2 aromatic rings. The van der Waals surface area contributed by atoms with E-state index in [2.05, 4.69) is 27.1 Å². The summed E-state index contributed by atoms with van der Waals surface area (Å²) >= 11 is 0. The van der Waals surface area contributed by atoms with Crippen molar-refractivity contribution in [3.05, 3.63) is 36.2 Å². The lowest BCUT2D eigenvalue weighted by molar-refractivity contribution is -0.147. The summed E-state index contributed by atoms with van der Waals surface area (Å²) in [6, 6.07) is 9.77. The van der Waals surface area contributed by atoms with Gasteiger partial charge in [-0.3, -0.25) is 14.7 Å². The van der Waals surface area contributed by atoms with E-state index in [0.717, 1.165) is 51.2 Å². The smallest absolute Gasteiger partial charge is 0.290 e. The molecule has 3 heterocycles. The summed E-state index contributed by atoms with van der Waals surface area (Å²) in [5, 5.41) is 14.0. The Kier molecular flexibility index (Phi) is 6.95. The van der Waals surface area contributed by atoms with Crippen molar-refractivity contribution in [1.82, 2.24) is 25.0 Å². The predicted molar refractivity (Wildman–Crippen MR) is 106 cm³/mol. The van der Waals surface area contributed by atoms with Crippen LogP contribution >= 0.6 is 0 Å². The Balaban J connectivity index is 0.000000755. The van der Waals surface area contributed by atoms with Gasteiger partial charge in [-0.05, 0) is 19.9 Å². The maximum Gasteiger partial charge on any atom is 0.290 e. The normalized spacial score (nSPS) is 18.7. The Morgan fingerprint density at radius 1 is 1.28 bits per heavy atom. The number of aromatic nitrogens is 3. The van der Waals surface area contributed by atoms with Crippen molar-refractivity contribution < 1.29 is 19.4 Å². The largest absolute Gasteiger partial charge is 0.483 e. The zero-order valence-electron chi connectivity index (χ0n) is 16.6. The summed E-state index contributed by atoms with van der Waals surface area (Å²) in [5.41, 5.74) is 0.872. The molecular formula is C20H27N5O4. The zero-order valence-corrected chi connectivity index (χ0v) is 16.6. The van der Waals surface area contributed by atoms with E-state index in [9.17, 15) is 4.79 Å². The summed E-state index contributed by atoms with van der Waals surface area (Å²) in [4.78, 5) is 29.7. The summed E-state index contributed by atoms with van der Waals surface area (Å²) in [5.74, 6) is 1.34. The fraction of sp³-hybridized carbons (Fsp3) is 0.500. The predicted octanol–water partition coefficient (Wildman–Crippen LogP) is 1.04. The number of aromatic amines is 1. The van der Waals surface area contributed by atoms with Crippen molar-refractivity contribution in [2.75, 3.05) is 39.8 Å². The minimum absolute atomic E-state index is 0.0729. The van der Waals surface area contributed by atoms with E-state index in [1.165, 1.54) is 0 Å². The van der Waals surface area contributed by atoms with Crippen molar-refractivity contribution in [1.29, 1.82) is 0 Å². The van der Waals surface area contributed by atoms with Crippen LogP contribution in [0.25, 0.3) is 11.4 Å². The molecule has 9 heteroatoms. The minimum atomic E-state index is -0.250. The van der Waals surface area contributed by atoms with Crippen LogP contribution in [0.15, 0.2) is 30.3 Å². The van der Waals surface area contributed by atoms with E-state index in [-0.39, 0.29) is 24.4 Å². The standard InChI is InChI=1S/C19H25N5O2.CH2O2/c1-23-11-12-26-19(14-23)7-9-24(10-8-19)17(25)13-16-20-18(22-21-16)15-5-3-2-4-6-15;2-1-3/h2-6H,7-14H2,1H3,(H,20,21,22);1H,(H,2,3). The molecule has 2 aliphatic rings. The van der Waals surface area contributed by atoms with Crippen LogP contribution in [0, 0.1) is 0 Å². The van der Waals surface area contributed by atoms with E-state index in [4.69, 9.17) is 14.6 Å². The van der Waals surface area contributed by atoms with Crippen molar-refractivity contribution in [3.8, 4) is 11.4 Å². The van der Waals surface area contributed by atoms with Gasteiger partial charge in [0.2, 0.25) is 5.91 Å². The molecule has 1 aromatic carbocycles. The zero-order chi connectivity index (χ0) is 20.7. The first-order valence-electron chi connectivity index (χ1n) is 9.70. The summed E-state index contributed by atoms with van der Waals surface area (Å²) in [6.45, 7) is 3.96. The molecule has 2 N–H and O–H groups in total. The Labute approximate surface area is 169 Å². The van der Waals surface area contributed by atoms with Gasteiger partial charge in [-0.2, -0.15) is 5.10 Å². The van der Waals surface area contributed by atoms with Gasteiger partial charge < -0.3 is 19.6 Å². The molecule has 1 amide bonds. The lowest BCUT2D eigenvalue weighted by Gasteiger charge is -2.46. The molecule has 1 spiro atoms. The molecule has 2 saturated heterocycles. The second kappa shape index (κ2) is 9.62. The Morgan fingerprint density at radius 3 is 2.62 bits per heavy atom. The maximum absolute atomic E-state index is 12.6. The third kappa shape index (κ3) is 5.39. The SMILES string of the molecule is CN1CCOC2(CCN(C(=O)Cc3nc(-c4ccccc4)n[nH]3)CC2)C1.O=CO. The molecular weight excluding hydrogens is 374 g/mol. The number of ether oxygens (including phenoxy) is 1. The number of likely N-dealkylation sites (N-methyl/N-ethyl adjacent to an activating group) is 1. The Bertz CT molecular complexity index is 802. The van der Waals surface area contributed by atoms with Crippen molar-refractivity contribution in [2.45, 2.75) is 24.9 Å². The van der Waals surface area contributed by atoms with Crippen molar-refractivity contribution >= 4 is 12.4 Å². The molecule has 2 aliphatic heterocycles. The van der Waals surface area contributed by atoms with Gasteiger partial charge in [0.1, 0.15) is 5.82 Å². The van der Waals surface area contributed by atoms with Crippen LogP contribution < -0.4 is 0 Å². The number of piperidine rings is 1. The van der Waals surface area contributed by atoms with Gasteiger partial charge >= 0.3 is 0 Å². The highest BCUT2D eigenvalue weighted by Gasteiger charge is 2.39. The molecule has 9 nitrogen and oxygen atoms in total. The molecule has 2 fully saturated rings. The number of benzene rings is 1. The van der Waals surface area contributed by atoms with Crippen LogP contribution in [0.1, 0.15) is 18.7 Å². The number of nitrogens with one attached hydrogen (secondary N) is 1. The number of morpholine rings is 1. The quantitative estimate of drug-likeness (QED) is 0.739. The third-order valence-electron chi connectivity index (χ3n) is 5.35. The van der Waals surface area contributed by atoms with Crippen LogP contribution in [0.2, 0.25) is 0 Å². The fourth-order valence-corrected chi connectivity index (χ4v) is 3.85. The lowest BCUT2D eigenvalue weighted by Crippen LogP contribution is -2.56. The number of carbonyl (C=O) groups is 2. The maximum atomic E-state index is 12.6. The molecule has 0 atom stereocenters. The molecule has 29 heavy (non-hydrogen) atoms. The monoisotopic (exact) mass is 401 g/mol. The van der Waals surface area contributed by atoms with Gasteiger partial charge in [0.25, 0.3) is 6.47 Å². The average Bonchev–Trinajstić information content (AvgIpc) is 3.18. The average molecular weight is 401 g/mol. The second-order valence-corrected chi connectivity index (χ2v) is 7.40. The number of carboxylic acid groups (broad SMARTS) is 1. The van der Waals surface area contributed by atoms with Crippen molar-refractivity contribution in [3.63, 3.8) is 0 Å². The highest BCUT2D eigenvalue weighted by Crippen LogP contribution is 2.29. The molecule has 0 aliphatic carbocycles. The number of amides is 1. The molecule has 0 radical (unpaired) electrons. The van der Waals surface area contributed by atoms with Gasteiger partial charge in [-0.25, -0.2) is 4.98 Å². The number of H-pyrrole nitrogens is 1. The number of carbonyl (C=O) groups excluding carboxylic acids is 1. The molecule has 0 unspecified atom stereocenters. The summed E-state index contributed by atoms with van der Waals surface area (Å²) < 4.78 is 6.07. The minimum Gasteiger partial charge on any atom is -0.483 e. The highest BCUT2D eigenvalue weighted by atomic mass is 16.5. The van der Waals surface area contributed by atoms with E-state index in [1.807, 2.05) is 35.2 Å². The lowest BCUT2D eigenvalue weighted by atomic mass is 9.89. The molecule has 4 rings (SSSR count). The second-order valence-electron chi connectivity index (χ2n) is 7.40. The first-order chi connectivity index (χ1) is 14.0. The summed E-state index contributed by atoms with van der Waals surface area (Å²) in [7, 11) is 2.13. The third-order valence-corrected chi connectivity index (χ3v) is 5.35. The van der Waals surface area contributed by atoms with Crippen molar-refractivity contribution in [2.24, 2.45) is 0 Å². The van der Waals surface area contributed by atoms with Crippen LogP contribution in [0.5, 0.6) is 0 Å².